The predicted molar refractivity (Wildman–Crippen MR) is 103 cm³/mol. The molecule has 0 saturated carbocycles. The second kappa shape index (κ2) is 7.40. The number of amides is 3. The van der Waals surface area contributed by atoms with Crippen molar-refractivity contribution in [3.8, 4) is 0 Å². The van der Waals surface area contributed by atoms with Gasteiger partial charge in [-0.3, -0.25) is 19.3 Å². The third-order valence-electron chi connectivity index (χ3n) is 4.42. The highest BCUT2D eigenvalue weighted by Crippen LogP contribution is 2.33. The quantitative estimate of drug-likeness (QED) is 0.816. The molecule has 1 aliphatic heterocycles. The fourth-order valence-corrected chi connectivity index (χ4v) is 3.53. The maximum absolute atomic E-state index is 13.6. The average molecular weight is 387 g/mol. The summed E-state index contributed by atoms with van der Waals surface area (Å²) >= 11 is 0.787. The van der Waals surface area contributed by atoms with E-state index in [1.807, 2.05) is 31.5 Å². The second-order valence-electron chi connectivity index (χ2n) is 6.18. The van der Waals surface area contributed by atoms with Crippen molar-refractivity contribution in [2.75, 3.05) is 11.9 Å². The summed E-state index contributed by atoms with van der Waals surface area (Å²) in [6.07, 6.45) is 1.65. The molecule has 1 fully saturated rings. The molecule has 27 heavy (non-hydrogen) atoms. The number of imide groups is 1. The van der Waals surface area contributed by atoms with Gasteiger partial charge in [-0.2, -0.15) is 0 Å². The van der Waals surface area contributed by atoms with E-state index in [2.05, 4.69) is 5.32 Å². The third kappa shape index (κ3) is 3.80. The standard InChI is InChI=1S/C19H18FN3O3S/c1-11-8-13(12(2)22(11)3)9-16-18(25)23(19(26)27-16)10-17(24)21-15-7-5-4-6-14(15)20/h4-9H,10H2,1-3H3,(H,21,24)/b16-9+. The van der Waals surface area contributed by atoms with E-state index in [0.29, 0.717) is 0 Å². The smallest absolute Gasteiger partial charge is 0.294 e. The lowest BCUT2D eigenvalue weighted by Crippen LogP contribution is -2.36. The minimum Gasteiger partial charge on any atom is -0.352 e. The van der Waals surface area contributed by atoms with Gasteiger partial charge in [-0.1, -0.05) is 12.1 Å². The molecule has 0 aliphatic carbocycles. The second-order valence-corrected chi connectivity index (χ2v) is 7.17. The van der Waals surface area contributed by atoms with Crippen molar-refractivity contribution in [2.24, 2.45) is 7.05 Å². The van der Waals surface area contributed by atoms with Gasteiger partial charge in [0.1, 0.15) is 12.4 Å². The van der Waals surface area contributed by atoms with Crippen LogP contribution in [0.15, 0.2) is 35.2 Å². The van der Waals surface area contributed by atoms with Crippen molar-refractivity contribution in [1.29, 1.82) is 0 Å². The molecule has 2 aromatic rings. The molecule has 2 heterocycles. The molecule has 1 saturated heterocycles. The molecular weight excluding hydrogens is 369 g/mol. The van der Waals surface area contributed by atoms with E-state index in [1.54, 1.807) is 12.1 Å². The molecule has 1 N–H and O–H groups in total. The minimum absolute atomic E-state index is 0.000370. The molecule has 0 radical (unpaired) electrons. The molecule has 3 rings (SSSR count). The summed E-state index contributed by atoms with van der Waals surface area (Å²) in [5.41, 5.74) is 2.84. The lowest BCUT2D eigenvalue weighted by Gasteiger charge is -2.12. The van der Waals surface area contributed by atoms with Gasteiger partial charge in [-0.25, -0.2) is 4.39 Å². The van der Waals surface area contributed by atoms with Crippen LogP contribution in [0, 0.1) is 19.7 Å². The first-order chi connectivity index (χ1) is 12.8. The van der Waals surface area contributed by atoms with Crippen LogP contribution in [-0.4, -0.2) is 33.1 Å². The van der Waals surface area contributed by atoms with Crippen LogP contribution in [0.3, 0.4) is 0 Å². The molecule has 0 unspecified atom stereocenters. The zero-order valence-corrected chi connectivity index (χ0v) is 15.9. The summed E-state index contributed by atoms with van der Waals surface area (Å²) in [6.45, 7) is 3.40. The van der Waals surface area contributed by atoms with E-state index in [9.17, 15) is 18.8 Å². The van der Waals surface area contributed by atoms with Gasteiger partial charge in [-0.05, 0) is 55.4 Å². The molecule has 8 heteroatoms. The van der Waals surface area contributed by atoms with Gasteiger partial charge in [-0.15, -0.1) is 0 Å². The van der Waals surface area contributed by atoms with Crippen molar-refractivity contribution < 1.29 is 18.8 Å². The molecule has 1 aromatic heterocycles. The highest BCUT2D eigenvalue weighted by molar-refractivity contribution is 8.18. The van der Waals surface area contributed by atoms with E-state index in [0.717, 1.165) is 33.6 Å². The van der Waals surface area contributed by atoms with Crippen LogP contribution < -0.4 is 5.32 Å². The number of nitrogens with one attached hydrogen (secondary N) is 1. The van der Waals surface area contributed by atoms with Gasteiger partial charge in [0, 0.05) is 18.4 Å². The van der Waals surface area contributed by atoms with Gasteiger partial charge in [0.05, 0.1) is 10.6 Å². The molecule has 140 valence electrons. The molecule has 0 atom stereocenters. The summed E-state index contributed by atoms with van der Waals surface area (Å²) in [5.74, 6) is -1.76. The zero-order valence-electron chi connectivity index (χ0n) is 15.1. The summed E-state index contributed by atoms with van der Waals surface area (Å²) in [4.78, 5) is 37.9. The van der Waals surface area contributed by atoms with Crippen molar-refractivity contribution in [1.82, 2.24) is 9.47 Å². The van der Waals surface area contributed by atoms with Crippen molar-refractivity contribution in [2.45, 2.75) is 13.8 Å². The fraction of sp³-hybridized carbons (Fsp3) is 0.211. The van der Waals surface area contributed by atoms with E-state index >= 15 is 0 Å². The Morgan fingerprint density at radius 3 is 2.59 bits per heavy atom. The molecule has 3 amide bonds. The molecule has 6 nitrogen and oxygen atoms in total. The first-order valence-corrected chi connectivity index (χ1v) is 9.02. The number of hydrogen-bond acceptors (Lipinski definition) is 4. The van der Waals surface area contributed by atoms with Crippen LogP contribution in [-0.2, 0) is 16.6 Å². The van der Waals surface area contributed by atoms with Crippen LogP contribution in [0.1, 0.15) is 17.0 Å². The van der Waals surface area contributed by atoms with Crippen molar-refractivity contribution >= 4 is 40.6 Å². The van der Waals surface area contributed by atoms with Gasteiger partial charge < -0.3 is 9.88 Å². The number of carbonyl (C=O) groups excluding carboxylic acids is 3. The van der Waals surface area contributed by atoms with E-state index in [-0.39, 0.29) is 10.6 Å². The average Bonchev–Trinajstić information content (AvgIpc) is 3.02. The van der Waals surface area contributed by atoms with Crippen LogP contribution in [0.4, 0.5) is 14.9 Å². The third-order valence-corrected chi connectivity index (χ3v) is 5.33. The number of rotatable bonds is 4. The fourth-order valence-electron chi connectivity index (χ4n) is 2.70. The number of aromatic nitrogens is 1. The Hall–Kier alpha value is -2.87. The lowest BCUT2D eigenvalue weighted by molar-refractivity contribution is -0.127. The maximum atomic E-state index is 13.6. The van der Waals surface area contributed by atoms with Gasteiger partial charge >= 0.3 is 0 Å². The number of hydrogen-bond donors (Lipinski definition) is 1. The number of para-hydroxylation sites is 1. The number of halogens is 1. The Morgan fingerprint density at radius 2 is 1.96 bits per heavy atom. The molecule has 0 spiro atoms. The summed E-state index contributed by atoms with van der Waals surface area (Å²) in [6, 6.07) is 7.61. The number of carbonyl (C=O) groups is 3. The number of aryl methyl sites for hydroxylation is 1. The first kappa shape index (κ1) is 18.9. The SMILES string of the molecule is Cc1cc(/C=C2/SC(=O)N(CC(=O)Nc3ccccc3F)C2=O)c(C)n1C. The Labute approximate surface area is 160 Å². The molecule has 1 aromatic carbocycles. The van der Waals surface area contributed by atoms with Crippen LogP contribution >= 0.6 is 11.8 Å². The monoisotopic (exact) mass is 387 g/mol. The zero-order chi connectivity index (χ0) is 19.7. The molecular formula is C19H18FN3O3S. The first-order valence-electron chi connectivity index (χ1n) is 8.20. The van der Waals surface area contributed by atoms with Gasteiger partial charge in [0.2, 0.25) is 5.91 Å². The number of anilines is 1. The minimum atomic E-state index is -0.643. The maximum Gasteiger partial charge on any atom is 0.294 e. The van der Waals surface area contributed by atoms with E-state index in [4.69, 9.17) is 0 Å². The Morgan fingerprint density at radius 1 is 1.26 bits per heavy atom. The van der Waals surface area contributed by atoms with Gasteiger partial charge in [0.15, 0.2) is 0 Å². The van der Waals surface area contributed by atoms with Crippen LogP contribution in [0.2, 0.25) is 0 Å². The highest BCUT2D eigenvalue weighted by atomic mass is 32.2. The Balaban J connectivity index is 1.74. The summed E-state index contributed by atoms with van der Waals surface area (Å²) < 4.78 is 15.6. The number of nitrogens with zero attached hydrogens (tertiary/aromatic N) is 2. The Bertz CT molecular complexity index is 981. The van der Waals surface area contributed by atoms with Crippen molar-refractivity contribution in [3.63, 3.8) is 0 Å². The van der Waals surface area contributed by atoms with Gasteiger partial charge in [0.25, 0.3) is 11.1 Å². The normalized spacial score (nSPS) is 15.7. The summed E-state index contributed by atoms with van der Waals surface area (Å²) in [7, 11) is 1.92. The molecule has 1 aliphatic rings. The van der Waals surface area contributed by atoms with E-state index in [1.165, 1.54) is 18.2 Å². The highest BCUT2D eigenvalue weighted by Gasteiger charge is 2.36. The number of benzene rings is 1. The number of thioether (sulfide) groups is 1. The summed E-state index contributed by atoms with van der Waals surface area (Å²) in [5, 5.41) is 1.84. The lowest BCUT2D eigenvalue weighted by atomic mass is 10.2. The Kier molecular flexibility index (Phi) is 5.18. The molecule has 0 bridgehead atoms. The van der Waals surface area contributed by atoms with Crippen LogP contribution in [0.5, 0.6) is 0 Å². The predicted octanol–water partition coefficient (Wildman–Crippen LogP) is 3.46. The van der Waals surface area contributed by atoms with E-state index < -0.39 is 29.4 Å². The largest absolute Gasteiger partial charge is 0.352 e. The van der Waals surface area contributed by atoms with Crippen LogP contribution in [0.25, 0.3) is 6.08 Å². The topological polar surface area (TPSA) is 71.4 Å². The van der Waals surface area contributed by atoms with Crippen molar-refractivity contribution in [3.05, 3.63) is 58.0 Å².